The third kappa shape index (κ3) is 2.41. The standard InChI is InChI=1S/C14H18ClNO5S/c1-19-11-4-2-5-12-13(11)14(20-8-9-21-14)10-16(7-3-6-15)22(12,17)18/h2,4-5H,3,6-10H2,1H3. The second-order valence-corrected chi connectivity index (χ2v) is 7.45. The second-order valence-electron chi connectivity index (χ2n) is 5.16. The lowest BCUT2D eigenvalue weighted by Crippen LogP contribution is -2.50. The molecule has 0 bridgehead atoms. The zero-order valence-corrected chi connectivity index (χ0v) is 13.8. The van der Waals surface area contributed by atoms with E-state index in [2.05, 4.69) is 0 Å². The Morgan fingerprint density at radius 1 is 1.36 bits per heavy atom. The Morgan fingerprint density at radius 3 is 2.73 bits per heavy atom. The van der Waals surface area contributed by atoms with Gasteiger partial charge >= 0.3 is 0 Å². The fraction of sp³-hybridized carbons (Fsp3) is 0.571. The highest BCUT2D eigenvalue weighted by Gasteiger charge is 2.52. The fourth-order valence-electron chi connectivity index (χ4n) is 2.93. The topological polar surface area (TPSA) is 65.1 Å². The Hall–Kier alpha value is -0.860. The first-order valence-electron chi connectivity index (χ1n) is 7.07. The number of nitrogens with zero attached hydrogens (tertiary/aromatic N) is 1. The van der Waals surface area contributed by atoms with Crippen molar-refractivity contribution in [3.8, 4) is 5.75 Å². The largest absolute Gasteiger partial charge is 0.496 e. The number of alkyl halides is 1. The van der Waals surface area contributed by atoms with E-state index in [1.54, 1.807) is 18.2 Å². The number of benzene rings is 1. The predicted molar refractivity (Wildman–Crippen MR) is 80.7 cm³/mol. The van der Waals surface area contributed by atoms with Gasteiger partial charge in [-0.25, -0.2) is 8.42 Å². The fourth-order valence-corrected chi connectivity index (χ4v) is 4.80. The van der Waals surface area contributed by atoms with Crippen LogP contribution in [-0.4, -0.2) is 52.0 Å². The summed E-state index contributed by atoms with van der Waals surface area (Å²) in [5.74, 6) is -0.245. The van der Waals surface area contributed by atoms with Crippen molar-refractivity contribution in [2.24, 2.45) is 0 Å². The smallest absolute Gasteiger partial charge is 0.243 e. The maximum atomic E-state index is 12.8. The van der Waals surface area contributed by atoms with Crippen LogP contribution in [0.15, 0.2) is 23.1 Å². The van der Waals surface area contributed by atoms with Gasteiger partial charge in [-0.15, -0.1) is 11.6 Å². The van der Waals surface area contributed by atoms with Crippen LogP contribution in [0, 0.1) is 0 Å². The second kappa shape index (κ2) is 5.98. The molecule has 1 aromatic rings. The van der Waals surface area contributed by atoms with Crippen LogP contribution in [0.25, 0.3) is 0 Å². The van der Waals surface area contributed by atoms with E-state index in [1.807, 2.05) is 0 Å². The normalized spacial score (nSPS) is 22.6. The molecule has 0 unspecified atom stereocenters. The number of halogens is 1. The van der Waals surface area contributed by atoms with Crippen LogP contribution in [0.1, 0.15) is 12.0 Å². The molecule has 6 nitrogen and oxygen atoms in total. The van der Waals surface area contributed by atoms with E-state index in [4.69, 9.17) is 25.8 Å². The van der Waals surface area contributed by atoms with Crippen molar-refractivity contribution in [1.29, 1.82) is 0 Å². The van der Waals surface area contributed by atoms with Crippen molar-refractivity contribution in [3.63, 3.8) is 0 Å². The Labute approximate surface area is 135 Å². The number of fused-ring (bicyclic) bond motifs is 2. The van der Waals surface area contributed by atoms with E-state index < -0.39 is 15.8 Å². The minimum atomic E-state index is -3.62. The number of sulfonamides is 1. The molecule has 0 atom stereocenters. The first-order valence-corrected chi connectivity index (χ1v) is 9.04. The highest BCUT2D eigenvalue weighted by atomic mass is 35.5. The molecule has 1 fully saturated rings. The Kier molecular flexibility index (Phi) is 4.35. The lowest BCUT2D eigenvalue weighted by atomic mass is 10.0. The molecule has 1 saturated heterocycles. The first kappa shape index (κ1) is 16.0. The molecule has 122 valence electrons. The molecule has 2 heterocycles. The quantitative estimate of drug-likeness (QED) is 0.773. The minimum Gasteiger partial charge on any atom is -0.496 e. The van der Waals surface area contributed by atoms with E-state index in [-0.39, 0.29) is 11.4 Å². The molecule has 22 heavy (non-hydrogen) atoms. The van der Waals surface area contributed by atoms with Gasteiger partial charge in [0.05, 0.1) is 37.3 Å². The SMILES string of the molecule is COc1cccc2c1C1(CN(CCCCl)S2(=O)=O)OCCO1. The van der Waals surface area contributed by atoms with Crippen LogP contribution in [0.5, 0.6) is 5.75 Å². The molecular weight excluding hydrogens is 330 g/mol. The van der Waals surface area contributed by atoms with Gasteiger partial charge in [0.2, 0.25) is 15.8 Å². The van der Waals surface area contributed by atoms with E-state index >= 15 is 0 Å². The van der Waals surface area contributed by atoms with Gasteiger partial charge in [-0.3, -0.25) is 0 Å². The lowest BCUT2D eigenvalue weighted by Gasteiger charge is -2.39. The van der Waals surface area contributed by atoms with Crippen molar-refractivity contribution < 1.29 is 22.6 Å². The number of hydrogen-bond donors (Lipinski definition) is 0. The van der Waals surface area contributed by atoms with E-state index in [0.29, 0.717) is 43.4 Å². The predicted octanol–water partition coefficient (Wildman–Crippen LogP) is 1.53. The average Bonchev–Trinajstić information content (AvgIpc) is 2.98. The molecule has 0 radical (unpaired) electrons. The van der Waals surface area contributed by atoms with Crippen molar-refractivity contribution in [2.75, 3.05) is 39.3 Å². The summed E-state index contributed by atoms with van der Waals surface area (Å²) in [4.78, 5) is 0.176. The van der Waals surface area contributed by atoms with Gasteiger partial charge in [-0.2, -0.15) is 4.31 Å². The number of hydrogen-bond acceptors (Lipinski definition) is 5. The van der Waals surface area contributed by atoms with Crippen molar-refractivity contribution in [3.05, 3.63) is 23.8 Å². The Bertz CT molecular complexity index is 657. The van der Waals surface area contributed by atoms with Gasteiger partial charge in [-0.05, 0) is 18.6 Å². The molecule has 0 aliphatic carbocycles. The van der Waals surface area contributed by atoms with E-state index in [9.17, 15) is 8.42 Å². The molecular formula is C14H18ClNO5S. The molecule has 0 N–H and O–H groups in total. The van der Waals surface area contributed by atoms with Crippen molar-refractivity contribution in [2.45, 2.75) is 17.1 Å². The summed E-state index contributed by atoms with van der Waals surface area (Å²) in [6.07, 6.45) is 0.566. The van der Waals surface area contributed by atoms with Gasteiger partial charge in [0.15, 0.2) is 0 Å². The van der Waals surface area contributed by atoms with Gasteiger partial charge in [-0.1, -0.05) is 6.07 Å². The Balaban J connectivity index is 2.16. The molecule has 1 aromatic carbocycles. The summed E-state index contributed by atoms with van der Waals surface area (Å²) < 4.78 is 44.0. The van der Waals surface area contributed by atoms with Crippen LogP contribution in [0.2, 0.25) is 0 Å². The van der Waals surface area contributed by atoms with Crippen LogP contribution in [0.4, 0.5) is 0 Å². The summed E-state index contributed by atoms with van der Waals surface area (Å²) in [6, 6.07) is 4.94. The molecule has 1 spiro atoms. The van der Waals surface area contributed by atoms with Gasteiger partial charge in [0.1, 0.15) is 5.75 Å². The first-order chi connectivity index (χ1) is 10.5. The molecule has 3 rings (SSSR count). The van der Waals surface area contributed by atoms with Crippen LogP contribution >= 0.6 is 11.6 Å². The highest BCUT2D eigenvalue weighted by molar-refractivity contribution is 7.89. The number of rotatable bonds is 4. The maximum absolute atomic E-state index is 12.8. The molecule has 0 amide bonds. The molecule has 0 aromatic heterocycles. The van der Waals surface area contributed by atoms with Gasteiger partial charge < -0.3 is 14.2 Å². The van der Waals surface area contributed by atoms with Crippen LogP contribution in [-0.2, 0) is 25.3 Å². The summed E-state index contributed by atoms with van der Waals surface area (Å²) >= 11 is 5.71. The summed E-state index contributed by atoms with van der Waals surface area (Å²) in [5, 5.41) is 0. The van der Waals surface area contributed by atoms with Crippen molar-refractivity contribution >= 4 is 21.6 Å². The lowest BCUT2D eigenvalue weighted by molar-refractivity contribution is -0.177. The number of methoxy groups -OCH3 is 1. The monoisotopic (exact) mass is 347 g/mol. The molecule has 8 heteroatoms. The number of ether oxygens (including phenoxy) is 3. The molecule has 0 saturated carbocycles. The van der Waals surface area contributed by atoms with Gasteiger partial charge in [0.25, 0.3) is 0 Å². The zero-order valence-electron chi connectivity index (χ0n) is 12.2. The zero-order chi connectivity index (χ0) is 15.8. The third-order valence-corrected chi connectivity index (χ3v) is 6.04. The Morgan fingerprint density at radius 2 is 2.09 bits per heavy atom. The summed E-state index contributed by atoms with van der Waals surface area (Å²) in [6.45, 7) is 1.28. The van der Waals surface area contributed by atoms with Gasteiger partial charge in [0, 0.05) is 12.4 Å². The van der Waals surface area contributed by atoms with Crippen LogP contribution < -0.4 is 4.74 Å². The van der Waals surface area contributed by atoms with Crippen molar-refractivity contribution in [1.82, 2.24) is 4.31 Å². The van der Waals surface area contributed by atoms with E-state index in [1.165, 1.54) is 11.4 Å². The molecule has 2 aliphatic heterocycles. The average molecular weight is 348 g/mol. The highest BCUT2D eigenvalue weighted by Crippen LogP contribution is 2.46. The molecule has 2 aliphatic rings. The maximum Gasteiger partial charge on any atom is 0.243 e. The summed E-state index contributed by atoms with van der Waals surface area (Å²) in [5.41, 5.74) is 0.456. The van der Waals surface area contributed by atoms with E-state index in [0.717, 1.165) is 0 Å². The van der Waals surface area contributed by atoms with Crippen LogP contribution in [0.3, 0.4) is 0 Å². The summed E-state index contributed by atoms with van der Waals surface area (Å²) in [7, 11) is -2.11. The third-order valence-electron chi connectivity index (χ3n) is 3.89. The minimum absolute atomic E-state index is 0.111.